The molecule has 1 aliphatic rings. The highest BCUT2D eigenvalue weighted by molar-refractivity contribution is 5.66. The van der Waals surface area contributed by atoms with Crippen molar-refractivity contribution in [3.8, 4) is 0 Å². The molecule has 3 heteroatoms. The van der Waals surface area contributed by atoms with Crippen molar-refractivity contribution >= 4 is 11.4 Å². The first-order chi connectivity index (χ1) is 10.1. The third-order valence-corrected chi connectivity index (χ3v) is 3.95. The zero-order valence-electron chi connectivity index (χ0n) is 12.6. The molecule has 1 saturated carbocycles. The number of para-hydroxylation sites is 1. The standard InChI is InChI=1S/C18H21FN2/c1-13-5-3-7-16(11-13)21(2)18-14(6-4-8-17(18)19)12-20-15-9-10-15/h3-8,11,15,20H,9-10,12H2,1-2H3. The molecule has 0 saturated heterocycles. The van der Waals surface area contributed by atoms with E-state index in [1.54, 1.807) is 6.07 Å². The molecular formula is C18H21FN2. The summed E-state index contributed by atoms with van der Waals surface area (Å²) in [4.78, 5) is 1.94. The summed E-state index contributed by atoms with van der Waals surface area (Å²) in [5, 5.41) is 3.46. The van der Waals surface area contributed by atoms with Gasteiger partial charge in [-0.25, -0.2) is 4.39 Å². The van der Waals surface area contributed by atoms with E-state index in [2.05, 4.69) is 11.4 Å². The first-order valence-electron chi connectivity index (χ1n) is 7.46. The molecule has 0 aliphatic heterocycles. The second-order valence-corrected chi connectivity index (χ2v) is 5.80. The molecule has 0 aromatic heterocycles. The zero-order valence-corrected chi connectivity index (χ0v) is 12.6. The number of hydrogen-bond acceptors (Lipinski definition) is 2. The Labute approximate surface area is 125 Å². The summed E-state index contributed by atoms with van der Waals surface area (Å²) in [5.74, 6) is -0.172. The van der Waals surface area contributed by atoms with Crippen molar-refractivity contribution in [3.63, 3.8) is 0 Å². The maximum atomic E-state index is 14.4. The predicted octanol–water partition coefficient (Wildman–Crippen LogP) is 4.15. The highest BCUT2D eigenvalue weighted by Gasteiger charge is 2.21. The largest absolute Gasteiger partial charge is 0.342 e. The molecule has 2 aromatic rings. The topological polar surface area (TPSA) is 15.3 Å². The summed E-state index contributed by atoms with van der Waals surface area (Å²) >= 11 is 0. The quantitative estimate of drug-likeness (QED) is 0.887. The van der Waals surface area contributed by atoms with Crippen LogP contribution in [-0.4, -0.2) is 13.1 Å². The maximum Gasteiger partial charge on any atom is 0.147 e. The van der Waals surface area contributed by atoms with Gasteiger partial charge >= 0.3 is 0 Å². The average Bonchev–Trinajstić information content (AvgIpc) is 3.29. The molecule has 1 aliphatic carbocycles. The minimum absolute atomic E-state index is 0.172. The maximum absolute atomic E-state index is 14.4. The van der Waals surface area contributed by atoms with E-state index in [0.717, 1.165) is 11.3 Å². The van der Waals surface area contributed by atoms with Crippen molar-refractivity contribution in [1.29, 1.82) is 0 Å². The van der Waals surface area contributed by atoms with E-state index in [1.165, 1.54) is 24.5 Å². The van der Waals surface area contributed by atoms with Gasteiger partial charge in [0.05, 0.1) is 5.69 Å². The van der Waals surface area contributed by atoms with Crippen molar-refractivity contribution in [1.82, 2.24) is 5.32 Å². The third-order valence-electron chi connectivity index (χ3n) is 3.95. The van der Waals surface area contributed by atoms with E-state index in [4.69, 9.17) is 0 Å². The number of anilines is 2. The van der Waals surface area contributed by atoms with Gasteiger partial charge < -0.3 is 10.2 Å². The van der Waals surface area contributed by atoms with Crippen molar-refractivity contribution < 1.29 is 4.39 Å². The fraction of sp³-hybridized carbons (Fsp3) is 0.333. The van der Waals surface area contributed by atoms with Crippen LogP contribution in [-0.2, 0) is 6.54 Å². The lowest BCUT2D eigenvalue weighted by molar-refractivity contribution is 0.619. The Hall–Kier alpha value is -1.87. The Morgan fingerprint density at radius 1 is 1.19 bits per heavy atom. The van der Waals surface area contributed by atoms with Crippen LogP contribution in [0.2, 0.25) is 0 Å². The minimum Gasteiger partial charge on any atom is -0.342 e. The summed E-state index contributed by atoms with van der Waals surface area (Å²) in [6.07, 6.45) is 2.47. The van der Waals surface area contributed by atoms with Crippen molar-refractivity contribution in [2.45, 2.75) is 32.4 Å². The van der Waals surface area contributed by atoms with Gasteiger partial charge in [0.25, 0.3) is 0 Å². The third kappa shape index (κ3) is 3.24. The SMILES string of the molecule is Cc1cccc(N(C)c2c(F)cccc2CNC2CC2)c1. The lowest BCUT2D eigenvalue weighted by Crippen LogP contribution is -2.20. The Balaban J connectivity index is 1.91. The minimum atomic E-state index is -0.172. The van der Waals surface area contributed by atoms with Crippen LogP contribution in [0.4, 0.5) is 15.8 Å². The molecule has 0 radical (unpaired) electrons. The van der Waals surface area contributed by atoms with Crippen molar-refractivity contribution in [3.05, 3.63) is 59.4 Å². The predicted molar refractivity (Wildman–Crippen MR) is 85.5 cm³/mol. The summed E-state index contributed by atoms with van der Waals surface area (Å²) in [6.45, 7) is 2.77. The molecule has 2 aromatic carbocycles. The first kappa shape index (κ1) is 14.1. The fourth-order valence-corrected chi connectivity index (χ4v) is 2.59. The van der Waals surface area contributed by atoms with Gasteiger partial charge in [0, 0.05) is 25.3 Å². The number of nitrogens with zero attached hydrogens (tertiary/aromatic N) is 1. The van der Waals surface area contributed by atoms with Crippen LogP contribution >= 0.6 is 0 Å². The molecule has 21 heavy (non-hydrogen) atoms. The number of nitrogens with one attached hydrogen (secondary N) is 1. The zero-order chi connectivity index (χ0) is 14.8. The molecule has 1 N–H and O–H groups in total. The number of hydrogen-bond donors (Lipinski definition) is 1. The molecule has 0 spiro atoms. The Bertz CT molecular complexity index is 635. The van der Waals surface area contributed by atoms with Crippen LogP contribution in [0.25, 0.3) is 0 Å². The lowest BCUT2D eigenvalue weighted by Gasteiger charge is -2.24. The highest BCUT2D eigenvalue weighted by Crippen LogP contribution is 2.31. The Morgan fingerprint density at radius 3 is 2.67 bits per heavy atom. The number of rotatable bonds is 5. The van der Waals surface area contributed by atoms with Gasteiger partial charge in [-0.15, -0.1) is 0 Å². The van der Waals surface area contributed by atoms with E-state index in [1.807, 2.05) is 43.1 Å². The van der Waals surface area contributed by atoms with E-state index in [-0.39, 0.29) is 5.82 Å². The van der Waals surface area contributed by atoms with Gasteiger partial charge in [-0.1, -0.05) is 24.3 Å². The lowest BCUT2D eigenvalue weighted by atomic mass is 10.1. The van der Waals surface area contributed by atoms with Gasteiger partial charge in [-0.2, -0.15) is 0 Å². The van der Waals surface area contributed by atoms with Crippen LogP contribution in [0.5, 0.6) is 0 Å². The van der Waals surface area contributed by atoms with Crippen LogP contribution in [0.1, 0.15) is 24.0 Å². The molecule has 0 amide bonds. The molecule has 3 rings (SSSR count). The highest BCUT2D eigenvalue weighted by atomic mass is 19.1. The summed E-state index contributed by atoms with van der Waals surface area (Å²) in [5.41, 5.74) is 3.85. The van der Waals surface area contributed by atoms with Crippen LogP contribution in [0.3, 0.4) is 0 Å². The van der Waals surface area contributed by atoms with E-state index < -0.39 is 0 Å². The first-order valence-corrected chi connectivity index (χ1v) is 7.46. The molecule has 110 valence electrons. The van der Waals surface area contributed by atoms with Gasteiger partial charge in [0.15, 0.2) is 0 Å². The average molecular weight is 284 g/mol. The molecule has 0 unspecified atom stereocenters. The van der Waals surface area contributed by atoms with E-state index >= 15 is 0 Å². The van der Waals surface area contributed by atoms with Crippen LogP contribution in [0, 0.1) is 12.7 Å². The van der Waals surface area contributed by atoms with Gasteiger partial charge in [0.2, 0.25) is 0 Å². The van der Waals surface area contributed by atoms with Gasteiger partial charge in [-0.3, -0.25) is 0 Å². The number of aryl methyl sites for hydroxylation is 1. The van der Waals surface area contributed by atoms with Gasteiger partial charge in [-0.05, 0) is 49.1 Å². The van der Waals surface area contributed by atoms with E-state index in [0.29, 0.717) is 18.3 Å². The van der Waals surface area contributed by atoms with Crippen LogP contribution in [0.15, 0.2) is 42.5 Å². The smallest absolute Gasteiger partial charge is 0.147 e. The number of benzene rings is 2. The summed E-state index contributed by atoms with van der Waals surface area (Å²) in [6, 6.07) is 14.1. The molecule has 2 nitrogen and oxygen atoms in total. The summed E-state index contributed by atoms with van der Waals surface area (Å²) in [7, 11) is 1.92. The molecular weight excluding hydrogens is 263 g/mol. The van der Waals surface area contributed by atoms with Gasteiger partial charge in [0.1, 0.15) is 5.82 Å². The molecule has 0 heterocycles. The Kier molecular flexibility index (Phi) is 3.93. The van der Waals surface area contributed by atoms with Crippen molar-refractivity contribution in [2.24, 2.45) is 0 Å². The molecule has 1 fully saturated rings. The Morgan fingerprint density at radius 2 is 1.95 bits per heavy atom. The van der Waals surface area contributed by atoms with Crippen molar-refractivity contribution in [2.75, 3.05) is 11.9 Å². The second-order valence-electron chi connectivity index (χ2n) is 5.80. The normalized spacial score (nSPS) is 14.2. The number of halogens is 1. The fourth-order valence-electron chi connectivity index (χ4n) is 2.59. The summed E-state index contributed by atoms with van der Waals surface area (Å²) < 4.78 is 14.4. The molecule has 0 atom stereocenters. The second kappa shape index (κ2) is 5.86. The monoisotopic (exact) mass is 284 g/mol. The molecule has 0 bridgehead atoms. The van der Waals surface area contributed by atoms with Crippen LogP contribution < -0.4 is 10.2 Å². The van der Waals surface area contributed by atoms with E-state index in [9.17, 15) is 4.39 Å².